The van der Waals surface area contributed by atoms with Gasteiger partial charge < -0.3 is 20.3 Å². The van der Waals surface area contributed by atoms with E-state index in [1.807, 2.05) is 24.3 Å². The smallest absolute Gasteiger partial charge is 0.224 e. The van der Waals surface area contributed by atoms with Crippen LogP contribution in [-0.2, 0) is 20.7 Å². The molecule has 2 rings (SSSR count). The minimum atomic E-state index is -0.0899. The summed E-state index contributed by atoms with van der Waals surface area (Å²) in [7, 11) is 0. The van der Waals surface area contributed by atoms with Gasteiger partial charge in [-0.2, -0.15) is 0 Å². The van der Waals surface area contributed by atoms with Crippen molar-refractivity contribution in [2.45, 2.75) is 13.3 Å². The molecule has 0 bridgehead atoms. The summed E-state index contributed by atoms with van der Waals surface area (Å²) in [5, 5.41) is 5.42. The molecule has 2 N–H and O–H groups in total. The van der Waals surface area contributed by atoms with E-state index in [1.165, 1.54) is 6.92 Å². The first-order chi connectivity index (χ1) is 10.6. The summed E-state index contributed by atoms with van der Waals surface area (Å²) in [6.07, 6.45) is 0.351. The summed E-state index contributed by atoms with van der Waals surface area (Å²) in [5.41, 5.74) is 2.15. The molecular formula is C16H23N3O3. The first kappa shape index (κ1) is 16.3. The van der Waals surface area contributed by atoms with Crippen molar-refractivity contribution < 1.29 is 14.3 Å². The van der Waals surface area contributed by atoms with Gasteiger partial charge in [0, 0.05) is 38.8 Å². The maximum Gasteiger partial charge on any atom is 0.224 e. The average molecular weight is 305 g/mol. The van der Waals surface area contributed by atoms with E-state index in [0.717, 1.165) is 37.6 Å². The van der Waals surface area contributed by atoms with Gasteiger partial charge in [-0.1, -0.05) is 12.1 Å². The molecule has 120 valence electrons. The Morgan fingerprint density at radius 1 is 1.09 bits per heavy atom. The Morgan fingerprint density at radius 2 is 1.73 bits per heavy atom. The van der Waals surface area contributed by atoms with Crippen LogP contribution in [0.25, 0.3) is 0 Å². The maximum atomic E-state index is 11.8. The Hall–Kier alpha value is -2.08. The highest BCUT2D eigenvalue weighted by Gasteiger charge is 2.11. The number of rotatable bonds is 6. The molecule has 0 aliphatic carbocycles. The van der Waals surface area contributed by atoms with Crippen molar-refractivity contribution in [1.82, 2.24) is 10.6 Å². The number of carbonyl (C=O) groups excluding carboxylic acids is 2. The predicted molar refractivity (Wildman–Crippen MR) is 84.9 cm³/mol. The van der Waals surface area contributed by atoms with Crippen molar-refractivity contribution in [2.75, 3.05) is 44.3 Å². The van der Waals surface area contributed by atoms with Gasteiger partial charge in [0.25, 0.3) is 0 Å². The minimum absolute atomic E-state index is 0.0375. The molecule has 1 aliphatic rings. The molecule has 0 saturated carbocycles. The van der Waals surface area contributed by atoms with E-state index in [0.29, 0.717) is 19.5 Å². The van der Waals surface area contributed by atoms with E-state index >= 15 is 0 Å². The van der Waals surface area contributed by atoms with Gasteiger partial charge in [-0.25, -0.2) is 0 Å². The van der Waals surface area contributed by atoms with Gasteiger partial charge in [0.15, 0.2) is 0 Å². The zero-order valence-electron chi connectivity index (χ0n) is 12.9. The molecule has 1 aromatic carbocycles. The third-order valence-corrected chi connectivity index (χ3v) is 3.50. The molecule has 0 spiro atoms. The second kappa shape index (κ2) is 8.38. The van der Waals surface area contributed by atoms with Crippen LogP contribution >= 0.6 is 0 Å². The number of anilines is 1. The number of nitrogens with zero attached hydrogens (tertiary/aromatic N) is 1. The fraction of sp³-hybridized carbons (Fsp3) is 0.500. The molecule has 1 aromatic rings. The Kier molecular flexibility index (Phi) is 6.21. The highest BCUT2D eigenvalue weighted by Crippen LogP contribution is 2.16. The standard InChI is InChI=1S/C16H23N3O3/c1-13(20)17-6-7-18-16(21)12-14-2-4-15(5-3-14)19-8-10-22-11-9-19/h2-5H,6-12H2,1H3,(H,17,20)(H,18,21). The van der Waals surface area contributed by atoms with E-state index in [9.17, 15) is 9.59 Å². The SMILES string of the molecule is CC(=O)NCCNC(=O)Cc1ccc(N2CCOCC2)cc1. The molecule has 0 aromatic heterocycles. The second-order valence-corrected chi connectivity index (χ2v) is 5.28. The molecule has 6 nitrogen and oxygen atoms in total. The summed E-state index contributed by atoms with van der Waals surface area (Å²) in [5.74, 6) is -0.127. The summed E-state index contributed by atoms with van der Waals surface area (Å²) in [6.45, 7) is 5.70. The molecule has 2 amide bonds. The van der Waals surface area contributed by atoms with Gasteiger partial charge >= 0.3 is 0 Å². The molecule has 1 fully saturated rings. The number of nitrogens with one attached hydrogen (secondary N) is 2. The molecule has 1 aliphatic heterocycles. The van der Waals surface area contributed by atoms with Crippen LogP contribution in [-0.4, -0.2) is 51.2 Å². The Labute approximate surface area is 130 Å². The fourth-order valence-electron chi connectivity index (χ4n) is 2.33. The van der Waals surface area contributed by atoms with E-state index in [4.69, 9.17) is 4.74 Å². The predicted octanol–water partition coefficient (Wildman–Crippen LogP) is 0.318. The van der Waals surface area contributed by atoms with E-state index < -0.39 is 0 Å². The Balaban J connectivity index is 1.75. The lowest BCUT2D eigenvalue weighted by molar-refractivity contribution is -0.121. The second-order valence-electron chi connectivity index (χ2n) is 5.28. The first-order valence-electron chi connectivity index (χ1n) is 7.58. The van der Waals surface area contributed by atoms with Gasteiger partial charge in [-0.15, -0.1) is 0 Å². The van der Waals surface area contributed by atoms with Crippen LogP contribution in [0.1, 0.15) is 12.5 Å². The maximum absolute atomic E-state index is 11.8. The topological polar surface area (TPSA) is 70.7 Å². The molecule has 0 radical (unpaired) electrons. The van der Waals surface area contributed by atoms with Gasteiger partial charge in [0.05, 0.1) is 19.6 Å². The fourth-order valence-corrected chi connectivity index (χ4v) is 2.33. The molecule has 0 unspecified atom stereocenters. The minimum Gasteiger partial charge on any atom is -0.378 e. The molecule has 22 heavy (non-hydrogen) atoms. The molecular weight excluding hydrogens is 282 g/mol. The van der Waals surface area contributed by atoms with Crippen LogP contribution in [0.15, 0.2) is 24.3 Å². The van der Waals surface area contributed by atoms with Crippen molar-refractivity contribution in [3.05, 3.63) is 29.8 Å². The quantitative estimate of drug-likeness (QED) is 0.743. The van der Waals surface area contributed by atoms with Gasteiger partial charge in [-0.3, -0.25) is 9.59 Å². The lowest BCUT2D eigenvalue weighted by Gasteiger charge is -2.28. The van der Waals surface area contributed by atoms with Crippen LogP contribution in [0.3, 0.4) is 0 Å². The van der Waals surface area contributed by atoms with Crippen LogP contribution in [0.5, 0.6) is 0 Å². The summed E-state index contributed by atoms with van der Waals surface area (Å²) in [4.78, 5) is 24.8. The molecule has 1 heterocycles. The zero-order chi connectivity index (χ0) is 15.8. The van der Waals surface area contributed by atoms with Gasteiger partial charge in [0.2, 0.25) is 11.8 Å². The van der Waals surface area contributed by atoms with Crippen molar-refractivity contribution in [2.24, 2.45) is 0 Å². The first-order valence-corrected chi connectivity index (χ1v) is 7.58. The normalized spacial score (nSPS) is 14.5. The number of benzene rings is 1. The van der Waals surface area contributed by atoms with Crippen molar-refractivity contribution in [3.8, 4) is 0 Å². The Bertz CT molecular complexity index is 496. The van der Waals surface area contributed by atoms with E-state index in [2.05, 4.69) is 15.5 Å². The van der Waals surface area contributed by atoms with Crippen LogP contribution in [0.2, 0.25) is 0 Å². The van der Waals surface area contributed by atoms with Crippen LogP contribution in [0, 0.1) is 0 Å². The van der Waals surface area contributed by atoms with E-state index in [-0.39, 0.29) is 11.8 Å². The number of hydrogen-bond donors (Lipinski definition) is 2. The zero-order valence-corrected chi connectivity index (χ0v) is 12.9. The molecule has 6 heteroatoms. The van der Waals surface area contributed by atoms with Crippen molar-refractivity contribution >= 4 is 17.5 Å². The van der Waals surface area contributed by atoms with E-state index in [1.54, 1.807) is 0 Å². The number of morpholine rings is 1. The largest absolute Gasteiger partial charge is 0.378 e. The third-order valence-electron chi connectivity index (χ3n) is 3.50. The number of amides is 2. The lowest BCUT2D eigenvalue weighted by atomic mass is 10.1. The number of carbonyl (C=O) groups is 2. The van der Waals surface area contributed by atoms with Gasteiger partial charge in [-0.05, 0) is 17.7 Å². The lowest BCUT2D eigenvalue weighted by Crippen LogP contribution is -2.36. The van der Waals surface area contributed by atoms with Gasteiger partial charge in [0.1, 0.15) is 0 Å². The van der Waals surface area contributed by atoms with Crippen molar-refractivity contribution in [1.29, 1.82) is 0 Å². The monoisotopic (exact) mass is 305 g/mol. The summed E-state index contributed by atoms with van der Waals surface area (Å²) < 4.78 is 5.34. The van der Waals surface area contributed by atoms with Crippen molar-refractivity contribution in [3.63, 3.8) is 0 Å². The highest BCUT2D eigenvalue weighted by atomic mass is 16.5. The highest BCUT2D eigenvalue weighted by molar-refractivity contribution is 5.78. The Morgan fingerprint density at radius 3 is 2.36 bits per heavy atom. The summed E-state index contributed by atoms with van der Waals surface area (Å²) in [6, 6.07) is 8.06. The number of ether oxygens (including phenoxy) is 1. The average Bonchev–Trinajstić information content (AvgIpc) is 2.53. The summed E-state index contributed by atoms with van der Waals surface area (Å²) >= 11 is 0. The van der Waals surface area contributed by atoms with Crippen LogP contribution < -0.4 is 15.5 Å². The molecule has 1 saturated heterocycles. The molecule has 0 atom stereocenters. The number of hydrogen-bond acceptors (Lipinski definition) is 4. The van der Waals surface area contributed by atoms with Crippen LogP contribution in [0.4, 0.5) is 5.69 Å². The third kappa shape index (κ3) is 5.37.